The van der Waals surface area contributed by atoms with Gasteiger partial charge in [0.05, 0.1) is 40.3 Å². The van der Waals surface area contributed by atoms with Gasteiger partial charge in [-0.05, 0) is 11.6 Å². The number of rotatable bonds is 9. The van der Waals surface area contributed by atoms with Crippen LogP contribution in [0.4, 0.5) is 0 Å². The van der Waals surface area contributed by atoms with Gasteiger partial charge in [-0.3, -0.25) is 0 Å². The molecule has 0 aromatic heterocycles. The fourth-order valence-corrected chi connectivity index (χ4v) is 1.21. The first-order chi connectivity index (χ1) is 9.49. The van der Waals surface area contributed by atoms with Crippen LogP contribution < -0.4 is 0 Å². The van der Waals surface area contributed by atoms with Crippen LogP contribution in [0.5, 0.6) is 0 Å². The van der Waals surface area contributed by atoms with Gasteiger partial charge in [0.2, 0.25) is 0 Å². The molecule has 0 aliphatic rings. The molecule has 0 amide bonds. The Hall–Kier alpha value is -2.36. The largest absolute Gasteiger partial charge is 0.504 e. The number of methoxy groups -OCH3 is 4. The fraction of sp³-hybridized carbons (Fsp3) is 0.250. The predicted molar refractivity (Wildman–Crippen MR) is 80.8 cm³/mol. The molecule has 0 rings (SSSR count). The average molecular weight is 278 g/mol. The molecule has 0 heterocycles. The molecule has 0 unspecified atom stereocenters. The summed E-state index contributed by atoms with van der Waals surface area (Å²) in [4.78, 5) is 0. The van der Waals surface area contributed by atoms with Crippen LogP contribution in [0.2, 0.25) is 0 Å². The van der Waals surface area contributed by atoms with Crippen molar-refractivity contribution in [2.24, 2.45) is 0 Å². The molecule has 0 atom stereocenters. The molecule has 0 saturated carbocycles. The van der Waals surface area contributed by atoms with Gasteiger partial charge in [0.15, 0.2) is 0 Å². The van der Waals surface area contributed by atoms with Gasteiger partial charge < -0.3 is 18.9 Å². The van der Waals surface area contributed by atoms with Crippen LogP contribution in [-0.4, -0.2) is 28.4 Å². The molecule has 0 N–H and O–H groups in total. The zero-order valence-corrected chi connectivity index (χ0v) is 12.6. The van der Waals surface area contributed by atoms with Crippen LogP contribution in [0.1, 0.15) is 0 Å². The lowest BCUT2D eigenvalue weighted by atomic mass is 10.1. The lowest BCUT2D eigenvalue weighted by Crippen LogP contribution is -1.97. The second-order valence-corrected chi connectivity index (χ2v) is 3.68. The van der Waals surface area contributed by atoms with Gasteiger partial charge in [0, 0.05) is 6.08 Å². The van der Waals surface area contributed by atoms with Crippen LogP contribution in [0, 0.1) is 0 Å². The van der Waals surface area contributed by atoms with Crippen molar-refractivity contribution >= 4 is 0 Å². The van der Waals surface area contributed by atoms with E-state index in [1.54, 1.807) is 39.6 Å². The summed E-state index contributed by atoms with van der Waals surface area (Å²) in [6.45, 7) is 11.4. The van der Waals surface area contributed by atoms with E-state index in [0.717, 1.165) is 0 Å². The van der Waals surface area contributed by atoms with Crippen molar-refractivity contribution in [2.45, 2.75) is 0 Å². The van der Waals surface area contributed by atoms with Crippen molar-refractivity contribution in [3.05, 3.63) is 72.7 Å². The van der Waals surface area contributed by atoms with Crippen LogP contribution in [-0.2, 0) is 18.9 Å². The molecular weight excluding hydrogens is 256 g/mol. The topological polar surface area (TPSA) is 36.9 Å². The van der Waals surface area contributed by atoms with E-state index in [1.807, 2.05) is 0 Å². The van der Waals surface area contributed by atoms with E-state index in [0.29, 0.717) is 28.4 Å². The molecule has 0 radical (unpaired) electrons. The van der Waals surface area contributed by atoms with Gasteiger partial charge in [0.1, 0.15) is 17.3 Å². The smallest absolute Gasteiger partial charge is 0.133 e. The molecule has 0 fully saturated rings. The van der Waals surface area contributed by atoms with E-state index in [-0.39, 0.29) is 0 Å². The third-order valence-electron chi connectivity index (χ3n) is 2.35. The Morgan fingerprint density at radius 3 is 1.85 bits per heavy atom. The number of hydrogen-bond acceptors (Lipinski definition) is 4. The van der Waals surface area contributed by atoms with Gasteiger partial charge in [-0.2, -0.15) is 0 Å². The first-order valence-corrected chi connectivity index (χ1v) is 5.82. The van der Waals surface area contributed by atoms with Crippen LogP contribution in [0.3, 0.4) is 0 Å². The van der Waals surface area contributed by atoms with E-state index in [4.69, 9.17) is 18.9 Å². The van der Waals surface area contributed by atoms with Crippen molar-refractivity contribution in [3.63, 3.8) is 0 Å². The molecule has 0 aliphatic heterocycles. The maximum atomic E-state index is 5.32. The Morgan fingerprint density at radius 1 is 0.800 bits per heavy atom. The van der Waals surface area contributed by atoms with Crippen LogP contribution >= 0.6 is 0 Å². The average Bonchev–Trinajstić information content (AvgIpc) is 2.47. The Bertz CT molecular complexity index is 453. The SMILES string of the molecule is C=C(/C=C\C(=C)C(=C\OC)/C(=C\C(=C)OC)OC)OC. The minimum absolute atomic E-state index is 0.460. The maximum Gasteiger partial charge on any atom is 0.133 e. The standard InChI is InChI=1S/C16H22O4/c1-12(8-9-13(2)18-5)15(11-17-4)16(20-7)10-14(3)19-6/h8-11H,1-3H2,4-7H3/b9-8-,15-11+,16-10+. The van der Waals surface area contributed by atoms with Crippen molar-refractivity contribution in [1.29, 1.82) is 0 Å². The van der Waals surface area contributed by atoms with E-state index in [1.165, 1.54) is 13.4 Å². The highest BCUT2D eigenvalue weighted by Crippen LogP contribution is 2.22. The summed E-state index contributed by atoms with van der Waals surface area (Å²) in [6.07, 6.45) is 6.62. The van der Waals surface area contributed by atoms with Gasteiger partial charge in [0.25, 0.3) is 0 Å². The summed E-state index contributed by atoms with van der Waals surface area (Å²) >= 11 is 0. The molecule has 0 spiro atoms. The third-order valence-corrected chi connectivity index (χ3v) is 2.35. The van der Waals surface area contributed by atoms with Crippen molar-refractivity contribution in [1.82, 2.24) is 0 Å². The van der Waals surface area contributed by atoms with E-state index >= 15 is 0 Å². The molecule has 0 bridgehead atoms. The van der Waals surface area contributed by atoms with Crippen molar-refractivity contribution in [3.8, 4) is 0 Å². The Balaban J connectivity index is 5.33. The number of hydrogen-bond donors (Lipinski definition) is 0. The summed E-state index contributed by atoms with van der Waals surface area (Å²) in [5.74, 6) is 1.51. The molecule has 20 heavy (non-hydrogen) atoms. The van der Waals surface area contributed by atoms with Crippen LogP contribution in [0.15, 0.2) is 72.7 Å². The third kappa shape index (κ3) is 6.00. The zero-order chi connectivity index (χ0) is 15.5. The monoisotopic (exact) mass is 278 g/mol. The summed E-state index contributed by atoms with van der Waals surface area (Å²) in [5, 5.41) is 0. The molecule has 110 valence electrons. The first-order valence-electron chi connectivity index (χ1n) is 5.82. The van der Waals surface area contributed by atoms with E-state index in [9.17, 15) is 0 Å². The molecular formula is C16H22O4. The molecule has 0 aliphatic carbocycles. The molecule has 0 saturated heterocycles. The van der Waals surface area contributed by atoms with Gasteiger partial charge in [-0.25, -0.2) is 0 Å². The fourth-order valence-electron chi connectivity index (χ4n) is 1.21. The predicted octanol–water partition coefficient (Wildman–Crippen LogP) is 3.48. The second-order valence-electron chi connectivity index (χ2n) is 3.68. The highest BCUT2D eigenvalue weighted by atomic mass is 16.5. The van der Waals surface area contributed by atoms with E-state index in [2.05, 4.69) is 19.7 Å². The quantitative estimate of drug-likeness (QED) is 0.478. The van der Waals surface area contributed by atoms with Gasteiger partial charge in [-0.15, -0.1) is 0 Å². The Morgan fingerprint density at radius 2 is 1.40 bits per heavy atom. The van der Waals surface area contributed by atoms with Gasteiger partial charge >= 0.3 is 0 Å². The Labute approximate surface area is 121 Å². The van der Waals surface area contributed by atoms with Crippen molar-refractivity contribution < 1.29 is 18.9 Å². The summed E-state index contributed by atoms with van der Waals surface area (Å²) < 4.78 is 20.3. The minimum Gasteiger partial charge on any atom is -0.504 e. The highest BCUT2D eigenvalue weighted by Gasteiger charge is 2.09. The summed E-state index contributed by atoms with van der Waals surface area (Å²) in [7, 11) is 6.17. The normalized spacial score (nSPS) is 12.0. The minimum atomic E-state index is 0.460. The van der Waals surface area contributed by atoms with Gasteiger partial charge in [-0.1, -0.05) is 25.8 Å². The second kappa shape index (κ2) is 9.55. The molecule has 0 aromatic rings. The zero-order valence-electron chi connectivity index (χ0n) is 12.6. The summed E-state index contributed by atoms with van der Waals surface area (Å²) in [5.41, 5.74) is 1.33. The number of ether oxygens (including phenoxy) is 4. The lowest BCUT2D eigenvalue weighted by Gasteiger charge is -2.12. The molecule has 0 aromatic carbocycles. The number of allylic oxidation sites excluding steroid dienone is 4. The van der Waals surface area contributed by atoms with Crippen LogP contribution in [0.25, 0.3) is 0 Å². The molecule has 4 heteroatoms. The summed E-state index contributed by atoms with van der Waals surface area (Å²) in [6, 6.07) is 0. The van der Waals surface area contributed by atoms with Crippen molar-refractivity contribution in [2.75, 3.05) is 28.4 Å². The molecule has 4 nitrogen and oxygen atoms in total. The Kier molecular flexibility index (Phi) is 8.43. The maximum absolute atomic E-state index is 5.32. The highest BCUT2D eigenvalue weighted by molar-refractivity contribution is 5.49. The lowest BCUT2D eigenvalue weighted by molar-refractivity contribution is 0.277. The first kappa shape index (κ1) is 17.6. The van der Waals surface area contributed by atoms with E-state index < -0.39 is 0 Å².